The highest BCUT2D eigenvalue weighted by atomic mass is 35.5. The number of hydrogen-bond acceptors (Lipinski definition) is 2. The minimum atomic E-state index is -0.169. The quantitative estimate of drug-likeness (QED) is 0.781. The number of nitrogens with one attached hydrogen (secondary N) is 1. The predicted molar refractivity (Wildman–Crippen MR) is 86.3 cm³/mol. The lowest BCUT2D eigenvalue weighted by Gasteiger charge is -2.09. The number of carbonyl (C=O) groups excluding carboxylic acids is 1. The maximum atomic E-state index is 12.1. The monoisotopic (exact) mass is 303 g/mol. The number of amides is 1. The zero-order valence-corrected chi connectivity index (χ0v) is 12.7. The first kappa shape index (κ1) is 15.4. The number of benzene rings is 2. The van der Waals surface area contributed by atoms with Crippen molar-refractivity contribution < 1.29 is 9.53 Å². The van der Waals surface area contributed by atoms with Crippen molar-refractivity contribution in [2.75, 3.05) is 11.9 Å². The Labute approximate surface area is 129 Å². The second kappa shape index (κ2) is 7.70. The molecule has 2 aromatic carbocycles. The van der Waals surface area contributed by atoms with Crippen molar-refractivity contribution in [1.82, 2.24) is 0 Å². The van der Waals surface area contributed by atoms with Crippen LogP contribution in [0.4, 0.5) is 5.69 Å². The molecule has 0 aliphatic carbocycles. The van der Waals surface area contributed by atoms with Gasteiger partial charge < -0.3 is 10.1 Å². The Hall–Kier alpha value is -2.00. The molecule has 110 valence electrons. The summed E-state index contributed by atoms with van der Waals surface area (Å²) in [7, 11) is 0. The van der Waals surface area contributed by atoms with Gasteiger partial charge >= 0.3 is 0 Å². The Morgan fingerprint density at radius 2 is 1.95 bits per heavy atom. The molecule has 0 bridgehead atoms. The smallest absolute Gasteiger partial charge is 0.255 e. The van der Waals surface area contributed by atoms with Crippen molar-refractivity contribution in [2.45, 2.75) is 19.8 Å². The van der Waals surface area contributed by atoms with E-state index >= 15 is 0 Å². The second-order valence-corrected chi connectivity index (χ2v) is 5.13. The van der Waals surface area contributed by atoms with Crippen LogP contribution in [-0.2, 0) is 0 Å². The Bertz CT molecular complexity index is 596. The third-order valence-corrected chi connectivity index (χ3v) is 3.22. The van der Waals surface area contributed by atoms with Crippen molar-refractivity contribution in [2.24, 2.45) is 0 Å². The van der Waals surface area contributed by atoms with Crippen LogP contribution >= 0.6 is 11.6 Å². The molecule has 0 aliphatic rings. The Morgan fingerprint density at radius 1 is 1.19 bits per heavy atom. The summed E-state index contributed by atoms with van der Waals surface area (Å²) < 4.78 is 5.62. The first-order valence-electron chi connectivity index (χ1n) is 6.99. The van der Waals surface area contributed by atoms with Crippen LogP contribution in [-0.4, -0.2) is 12.5 Å². The number of rotatable bonds is 6. The van der Waals surface area contributed by atoms with E-state index in [4.69, 9.17) is 16.3 Å². The van der Waals surface area contributed by atoms with Crippen molar-refractivity contribution in [3.05, 3.63) is 59.1 Å². The lowest BCUT2D eigenvalue weighted by atomic mass is 10.2. The maximum absolute atomic E-state index is 12.1. The molecule has 2 rings (SSSR count). The van der Waals surface area contributed by atoms with Crippen LogP contribution in [0, 0.1) is 0 Å². The van der Waals surface area contributed by atoms with Crippen LogP contribution in [0.25, 0.3) is 0 Å². The number of unbranched alkanes of at least 4 members (excludes halogenated alkanes) is 1. The van der Waals surface area contributed by atoms with Gasteiger partial charge in [0.1, 0.15) is 5.75 Å². The molecule has 0 fully saturated rings. The van der Waals surface area contributed by atoms with Crippen LogP contribution in [0.2, 0.25) is 5.02 Å². The number of anilines is 1. The van der Waals surface area contributed by atoms with Gasteiger partial charge in [-0.2, -0.15) is 0 Å². The Kier molecular flexibility index (Phi) is 5.64. The van der Waals surface area contributed by atoms with Crippen LogP contribution in [0.15, 0.2) is 48.5 Å². The van der Waals surface area contributed by atoms with Crippen LogP contribution in [0.1, 0.15) is 30.1 Å². The van der Waals surface area contributed by atoms with Gasteiger partial charge in [0.15, 0.2) is 0 Å². The molecule has 2 aromatic rings. The van der Waals surface area contributed by atoms with E-state index in [1.807, 2.05) is 24.3 Å². The Morgan fingerprint density at radius 3 is 2.67 bits per heavy atom. The summed E-state index contributed by atoms with van der Waals surface area (Å²) in [6.45, 7) is 2.80. The minimum Gasteiger partial charge on any atom is -0.494 e. The van der Waals surface area contributed by atoms with Gasteiger partial charge in [-0.25, -0.2) is 0 Å². The first-order chi connectivity index (χ1) is 10.2. The standard InChI is InChI=1S/C17H18ClNO2/c1-2-3-11-21-16-6-4-5-15(12-16)19-17(20)13-7-9-14(18)10-8-13/h4-10,12H,2-3,11H2,1H3,(H,19,20). The van der Waals surface area contributed by atoms with E-state index in [0.717, 1.165) is 18.6 Å². The van der Waals surface area contributed by atoms with E-state index in [1.54, 1.807) is 24.3 Å². The van der Waals surface area contributed by atoms with E-state index in [0.29, 0.717) is 22.9 Å². The molecular weight excluding hydrogens is 286 g/mol. The average Bonchev–Trinajstić information content (AvgIpc) is 2.48. The molecule has 0 aromatic heterocycles. The summed E-state index contributed by atoms with van der Waals surface area (Å²) in [5.74, 6) is 0.592. The maximum Gasteiger partial charge on any atom is 0.255 e. The molecule has 3 nitrogen and oxygen atoms in total. The zero-order chi connectivity index (χ0) is 15.1. The molecule has 0 saturated carbocycles. The van der Waals surface area contributed by atoms with Crippen LogP contribution in [0.3, 0.4) is 0 Å². The molecular formula is C17H18ClNO2. The molecule has 0 saturated heterocycles. The number of ether oxygens (including phenoxy) is 1. The van der Waals surface area contributed by atoms with E-state index in [-0.39, 0.29) is 5.91 Å². The number of hydrogen-bond donors (Lipinski definition) is 1. The van der Waals surface area contributed by atoms with Crippen LogP contribution < -0.4 is 10.1 Å². The molecule has 0 heterocycles. The van der Waals surface area contributed by atoms with E-state index in [2.05, 4.69) is 12.2 Å². The minimum absolute atomic E-state index is 0.169. The molecule has 0 aliphatic heterocycles. The highest BCUT2D eigenvalue weighted by Gasteiger charge is 2.06. The summed E-state index contributed by atoms with van der Waals surface area (Å²) in [5, 5.41) is 3.46. The molecule has 21 heavy (non-hydrogen) atoms. The molecule has 0 spiro atoms. The average molecular weight is 304 g/mol. The lowest BCUT2D eigenvalue weighted by molar-refractivity contribution is 0.102. The number of halogens is 1. The van der Waals surface area contributed by atoms with Crippen molar-refractivity contribution in [1.29, 1.82) is 0 Å². The number of carbonyl (C=O) groups is 1. The fraction of sp³-hybridized carbons (Fsp3) is 0.235. The first-order valence-corrected chi connectivity index (χ1v) is 7.36. The largest absolute Gasteiger partial charge is 0.494 e. The van der Waals surface area contributed by atoms with E-state index < -0.39 is 0 Å². The van der Waals surface area contributed by atoms with Gasteiger partial charge in [0, 0.05) is 22.3 Å². The third-order valence-electron chi connectivity index (χ3n) is 2.96. The predicted octanol–water partition coefficient (Wildman–Crippen LogP) is 4.77. The molecule has 0 unspecified atom stereocenters. The highest BCUT2D eigenvalue weighted by molar-refractivity contribution is 6.30. The highest BCUT2D eigenvalue weighted by Crippen LogP contribution is 2.19. The van der Waals surface area contributed by atoms with E-state index in [9.17, 15) is 4.79 Å². The molecule has 0 radical (unpaired) electrons. The van der Waals surface area contributed by atoms with Gasteiger partial charge in [0.25, 0.3) is 5.91 Å². The van der Waals surface area contributed by atoms with Crippen molar-refractivity contribution >= 4 is 23.2 Å². The van der Waals surface area contributed by atoms with Gasteiger partial charge in [-0.15, -0.1) is 0 Å². The third kappa shape index (κ3) is 4.80. The fourth-order valence-electron chi connectivity index (χ4n) is 1.80. The van der Waals surface area contributed by atoms with Gasteiger partial charge in [-0.1, -0.05) is 31.0 Å². The fourth-order valence-corrected chi connectivity index (χ4v) is 1.93. The molecule has 4 heteroatoms. The normalized spacial score (nSPS) is 10.2. The molecule has 0 atom stereocenters. The topological polar surface area (TPSA) is 38.3 Å². The van der Waals surface area contributed by atoms with Gasteiger partial charge in [-0.05, 0) is 42.8 Å². The lowest BCUT2D eigenvalue weighted by Crippen LogP contribution is -2.11. The molecule has 1 amide bonds. The summed E-state index contributed by atoms with van der Waals surface area (Å²) in [4.78, 5) is 12.1. The van der Waals surface area contributed by atoms with E-state index in [1.165, 1.54) is 0 Å². The van der Waals surface area contributed by atoms with Crippen LogP contribution in [0.5, 0.6) is 5.75 Å². The summed E-state index contributed by atoms with van der Waals surface area (Å²) in [6.07, 6.45) is 2.11. The summed E-state index contributed by atoms with van der Waals surface area (Å²) in [6, 6.07) is 14.2. The van der Waals surface area contributed by atoms with Gasteiger partial charge in [0.2, 0.25) is 0 Å². The zero-order valence-electron chi connectivity index (χ0n) is 11.9. The van der Waals surface area contributed by atoms with Gasteiger partial charge in [-0.3, -0.25) is 4.79 Å². The van der Waals surface area contributed by atoms with Crippen molar-refractivity contribution in [3.63, 3.8) is 0 Å². The summed E-state index contributed by atoms with van der Waals surface area (Å²) >= 11 is 5.81. The van der Waals surface area contributed by atoms with Crippen molar-refractivity contribution in [3.8, 4) is 5.75 Å². The summed E-state index contributed by atoms with van der Waals surface area (Å²) in [5.41, 5.74) is 1.28. The van der Waals surface area contributed by atoms with Gasteiger partial charge in [0.05, 0.1) is 6.61 Å². The SMILES string of the molecule is CCCCOc1cccc(NC(=O)c2ccc(Cl)cc2)c1. The molecule has 1 N–H and O–H groups in total. The second-order valence-electron chi connectivity index (χ2n) is 4.69. The Balaban J connectivity index is 2.00.